The lowest BCUT2D eigenvalue weighted by Gasteiger charge is -2.24. The highest BCUT2D eigenvalue weighted by Gasteiger charge is 2.40. The fourth-order valence-corrected chi connectivity index (χ4v) is 4.33. The second-order valence-electron chi connectivity index (χ2n) is 9.30. The van der Waals surface area contributed by atoms with Gasteiger partial charge in [0.25, 0.3) is 0 Å². The van der Waals surface area contributed by atoms with E-state index >= 15 is 0 Å². The molecule has 5 N–H and O–H groups in total. The van der Waals surface area contributed by atoms with Crippen LogP contribution in [0.1, 0.15) is 44.9 Å². The minimum Gasteiger partial charge on any atom is -0.453 e. The number of unbranched alkanes of at least 4 members (excludes halogenated alkanes) is 1. The Morgan fingerprint density at radius 1 is 1.00 bits per heavy atom. The molecule has 0 aliphatic carbocycles. The monoisotopic (exact) mass is 569 g/mol. The first-order chi connectivity index (χ1) is 19.2. The van der Waals surface area contributed by atoms with E-state index in [2.05, 4.69) is 36.2 Å². The third kappa shape index (κ3) is 10.4. The van der Waals surface area contributed by atoms with Crippen LogP contribution >= 0.6 is 0 Å². The molecule has 0 aromatic heterocycles. The summed E-state index contributed by atoms with van der Waals surface area (Å²) in [4.78, 5) is 84.6. The molecule has 40 heavy (non-hydrogen) atoms. The molecule has 0 bridgehead atoms. The zero-order chi connectivity index (χ0) is 29.5. The maximum absolute atomic E-state index is 12.6. The van der Waals surface area contributed by atoms with Crippen LogP contribution in [0.15, 0.2) is 0 Å². The van der Waals surface area contributed by atoms with Gasteiger partial charge < -0.3 is 35.5 Å². The predicted molar refractivity (Wildman–Crippen MR) is 138 cm³/mol. The normalized spacial score (nSPS) is 19.6. The lowest BCUT2D eigenvalue weighted by Crippen LogP contribution is -2.51. The standard InChI is InChI=1S/C24H39N7O9/c1-39-23(37)27-9-4-3-7-17(28-24(38)40-2)21(35)26-11-10-25-19(33)8-13-30-20(34)14-18(22(30)36)29-31-12-5-6-16(31)15-32/h15-18,29H,3-14H2,1-2H3,(H,25,33)(H,26,35)(H,27,37)(H,28,38)/t16-,17?,18?/m0/s1. The summed E-state index contributed by atoms with van der Waals surface area (Å²) < 4.78 is 9.04. The number of nitrogens with zero attached hydrogens (tertiary/aromatic N) is 2. The number of alkyl carbamates (subject to hydrolysis) is 2. The number of carbonyl (C=O) groups is 7. The van der Waals surface area contributed by atoms with Gasteiger partial charge in [-0.05, 0) is 32.1 Å². The molecule has 2 fully saturated rings. The lowest BCUT2D eigenvalue weighted by molar-refractivity contribution is -0.140. The van der Waals surface area contributed by atoms with E-state index in [0.717, 1.165) is 17.6 Å². The van der Waals surface area contributed by atoms with Crippen molar-refractivity contribution in [3.8, 4) is 0 Å². The molecule has 0 saturated carbocycles. The largest absolute Gasteiger partial charge is 0.453 e. The summed E-state index contributed by atoms with van der Waals surface area (Å²) in [5, 5.41) is 11.9. The molecular formula is C24H39N7O9. The summed E-state index contributed by atoms with van der Waals surface area (Å²) in [7, 11) is 2.43. The molecule has 2 saturated heterocycles. The van der Waals surface area contributed by atoms with Gasteiger partial charge >= 0.3 is 12.2 Å². The highest BCUT2D eigenvalue weighted by molar-refractivity contribution is 6.05. The Kier molecular flexibility index (Phi) is 13.8. The molecule has 3 atom stereocenters. The number of methoxy groups -OCH3 is 2. The van der Waals surface area contributed by atoms with E-state index in [0.29, 0.717) is 32.4 Å². The summed E-state index contributed by atoms with van der Waals surface area (Å²) in [5.74, 6) is -1.71. The van der Waals surface area contributed by atoms with Crippen LogP contribution in [0, 0.1) is 0 Å². The van der Waals surface area contributed by atoms with Crippen molar-refractivity contribution < 1.29 is 43.0 Å². The van der Waals surface area contributed by atoms with Crippen LogP contribution in [0.3, 0.4) is 0 Å². The highest BCUT2D eigenvalue weighted by Crippen LogP contribution is 2.18. The Morgan fingerprint density at radius 3 is 2.42 bits per heavy atom. The number of imide groups is 1. The van der Waals surface area contributed by atoms with Crippen LogP contribution in [-0.4, -0.2) is 117 Å². The molecule has 2 rings (SSSR count). The minimum atomic E-state index is -0.877. The lowest BCUT2D eigenvalue weighted by atomic mass is 10.1. The molecule has 0 aromatic carbocycles. The summed E-state index contributed by atoms with van der Waals surface area (Å²) in [5.41, 5.74) is 2.97. The van der Waals surface area contributed by atoms with Crippen LogP contribution in [0.25, 0.3) is 0 Å². The van der Waals surface area contributed by atoms with Gasteiger partial charge in [-0.25, -0.2) is 20.0 Å². The summed E-state index contributed by atoms with van der Waals surface area (Å²) >= 11 is 0. The number of ether oxygens (including phenoxy) is 2. The Bertz CT molecular complexity index is 932. The molecular weight excluding hydrogens is 530 g/mol. The van der Waals surface area contributed by atoms with Gasteiger partial charge in [-0.3, -0.25) is 24.1 Å². The first kappa shape index (κ1) is 32.4. The topological polar surface area (TPSA) is 205 Å². The van der Waals surface area contributed by atoms with E-state index in [-0.39, 0.29) is 44.9 Å². The molecule has 6 amide bonds. The summed E-state index contributed by atoms with van der Waals surface area (Å²) in [6.45, 7) is 1.04. The van der Waals surface area contributed by atoms with Crippen molar-refractivity contribution in [2.24, 2.45) is 0 Å². The van der Waals surface area contributed by atoms with Crippen LogP contribution in [0.2, 0.25) is 0 Å². The van der Waals surface area contributed by atoms with Gasteiger partial charge in [-0.2, -0.15) is 0 Å². The molecule has 0 radical (unpaired) electrons. The molecule has 2 aliphatic heterocycles. The van der Waals surface area contributed by atoms with E-state index in [9.17, 15) is 33.6 Å². The van der Waals surface area contributed by atoms with E-state index in [1.54, 1.807) is 5.01 Å². The highest BCUT2D eigenvalue weighted by atomic mass is 16.5. The van der Waals surface area contributed by atoms with Gasteiger partial charge in [-0.15, -0.1) is 0 Å². The first-order valence-electron chi connectivity index (χ1n) is 13.2. The number of aldehydes is 1. The van der Waals surface area contributed by atoms with E-state index in [1.807, 2.05) is 0 Å². The van der Waals surface area contributed by atoms with Crippen molar-refractivity contribution in [3.63, 3.8) is 0 Å². The quantitative estimate of drug-likeness (QED) is 0.0793. The van der Waals surface area contributed by atoms with Crippen LogP contribution in [0.4, 0.5) is 9.59 Å². The second-order valence-corrected chi connectivity index (χ2v) is 9.30. The Labute approximate surface area is 232 Å². The molecule has 16 nitrogen and oxygen atoms in total. The third-order valence-electron chi connectivity index (χ3n) is 6.50. The summed E-state index contributed by atoms with van der Waals surface area (Å²) in [6, 6.07) is -1.97. The smallest absolute Gasteiger partial charge is 0.407 e. The Morgan fingerprint density at radius 2 is 1.73 bits per heavy atom. The average Bonchev–Trinajstić information content (AvgIpc) is 3.51. The predicted octanol–water partition coefficient (Wildman–Crippen LogP) is -1.84. The molecule has 2 aliphatic rings. The van der Waals surface area contributed by atoms with E-state index in [4.69, 9.17) is 0 Å². The van der Waals surface area contributed by atoms with Crippen molar-refractivity contribution in [3.05, 3.63) is 0 Å². The number of hydrogen-bond donors (Lipinski definition) is 5. The summed E-state index contributed by atoms with van der Waals surface area (Å²) in [6.07, 6.45) is 2.19. The van der Waals surface area contributed by atoms with Crippen LogP contribution in [0.5, 0.6) is 0 Å². The van der Waals surface area contributed by atoms with Crippen molar-refractivity contribution in [2.75, 3.05) is 46.9 Å². The third-order valence-corrected chi connectivity index (χ3v) is 6.50. The van der Waals surface area contributed by atoms with Gasteiger partial charge in [0.15, 0.2) is 0 Å². The fraction of sp³-hybridized carbons (Fsp3) is 0.708. The number of carbonyl (C=O) groups excluding carboxylic acids is 7. The average molecular weight is 570 g/mol. The van der Waals surface area contributed by atoms with Crippen molar-refractivity contribution in [2.45, 2.75) is 63.1 Å². The van der Waals surface area contributed by atoms with E-state index < -0.39 is 47.9 Å². The minimum absolute atomic E-state index is 0.0445. The fourth-order valence-electron chi connectivity index (χ4n) is 4.33. The van der Waals surface area contributed by atoms with Crippen molar-refractivity contribution >= 4 is 42.1 Å². The molecule has 2 unspecified atom stereocenters. The van der Waals surface area contributed by atoms with Gasteiger partial charge in [0.05, 0.1) is 26.7 Å². The number of likely N-dealkylation sites (tertiary alicyclic amines) is 1. The molecule has 2 heterocycles. The van der Waals surface area contributed by atoms with Crippen molar-refractivity contribution in [1.82, 2.24) is 36.6 Å². The maximum atomic E-state index is 12.6. The number of rotatable bonds is 16. The van der Waals surface area contributed by atoms with Crippen LogP contribution in [-0.2, 0) is 33.4 Å². The Hall–Kier alpha value is -3.79. The van der Waals surface area contributed by atoms with E-state index in [1.165, 1.54) is 14.2 Å². The number of hydrazine groups is 1. The molecule has 0 aromatic rings. The second kappa shape index (κ2) is 17.0. The zero-order valence-corrected chi connectivity index (χ0v) is 22.9. The maximum Gasteiger partial charge on any atom is 0.407 e. The van der Waals surface area contributed by atoms with Crippen molar-refractivity contribution in [1.29, 1.82) is 0 Å². The van der Waals surface area contributed by atoms with Gasteiger partial charge in [0.1, 0.15) is 18.4 Å². The van der Waals surface area contributed by atoms with Gasteiger partial charge in [-0.1, -0.05) is 0 Å². The van der Waals surface area contributed by atoms with Gasteiger partial charge in [0.2, 0.25) is 23.6 Å². The molecule has 16 heteroatoms. The van der Waals surface area contributed by atoms with Crippen LogP contribution < -0.4 is 26.7 Å². The van der Waals surface area contributed by atoms with Gasteiger partial charge in [0, 0.05) is 39.1 Å². The Balaban J connectivity index is 1.68. The zero-order valence-electron chi connectivity index (χ0n) is 22.9. The first-order valence-corrected chi connectivity index (χ1v) is 13.2. The number of hydrogen-bond acceptors (Lipinski definition) is 11. The SMILES string of the molecule is COC(=O)NCCCCC(NC(=O)OC)C(=O)NCCNC(=O)CCN1C(=O)CC(NN2CCC[C@H]2C=O)C1=O. The number of amides is 6. The molecule has 0 spiro atoms. The number of nitrogens with one attached hydrogen (secondary N) is 5. The molecule has 224 valence electrons.